The van der Waals surface area contributed by atoms with Crippen LogP contribution in [0.15, 0.2) is 72.9 Å². The third-order valence-electron chi connectivity index (χ3n) is 10.2. The Morgan fingerprint density at radius 2 is 1.52 bits per heavy atom. The van der Waals surface area contributed by atoms with Crippen LogP contribution in [0.2, 0.25) is 0 Å². The monoisotopic (exact) mass is 834 g/mol. The summed E-state index contributed by atoms with van der Waals surface area (Å²) in [7, 11) is 0. The largest absolute Gasteiger partial charge is 0.480 e. The number of nitrogens with one attached hydrogen (secondary N) is 3. The maximum absolute atomic E-state index is 15.1. The molecule has 15 nitrogen and oxygen atoms in total. The minimum Gasteiger partial charge on any atom is -0.480 e. The number of carboxylic acid groups (broad SMARTS) is 1. The van der Waals surface area contributed by atoms with Crippen molar-refractivity contribution in [2.24, 2.45) is 11.3 Å². The van der Waals surface area contributed by atoms with Crippen LogP contribution in [0.25, 0.3) is 11.1 Å². The van der Waals surface area contributed by atoms with Crippen molar-refractivity contribution < 1.29 is 52.6 Å². The van der Waals surface area contributed by atoms with Gasteiger partial charge in [0.1, 0.15) is 42.9 Å². The second-order valence-corrected chi connectivity index (χ2v) is 16.1. The van der Waals surface area contributed by atoms with Crippen LogP contribution >= 0.6 is 0 Å². The number of carbonyl (C=O) groups is 7. The lowest BCUT2D eigenvalue weighted by molar-refractivity contribution is -0.143. The van der Waals surface area contributed by atoms with Crippen molar-refractivity contribution in [1.82, 2.24) is 30.3 Å². The number of aliphatic hydroxyl groups is 1. The van der Waals surface area contributed by atoms with Crippen LogP contribution in [0.1, 0.15) is 65.1 Å². The number of imide groups is 1. The van der Waals surface area contributed by atoms with Crippen LogP contribution in [-0.4, -0.2) is 110 Å². The zero-order valence-corrected chi connectivity index (χ0v) is 34.4. The summed E-state index contributed by atoms with van der Waals surface area (Å²) in [5.41, 5.74) is 1.44. The number of carboxylic acids is 1. The Morgan fingerprint density at radius 3 is 2.10 bits per heavy atom. The second kappa shape index (κ2) is 20.2. The number of amides is 6. The topological polar surface area (TPSA) is 207 Å². The molecule has 0 fully saturated rings. The number of hydrogen-bond acceptors (Lipinski definition) is 8. The Hall–Kier alpha value is -6.23. The van der Waals surface area contributed by atoms with Gasteiger partial charge in [0.05, 0.1) is 0 Å². The molecule has 0 saturated carbocycles. The van der Waals surface area contributed by atoms with Crippen LogP contribution in [0, 0.1) is 23.0 Å². The van der Waals surface area contributed by atoms with Gasteiger partial charge in [-0.3, -0.25) is 33.7 Å². The van der Waals surface area contributed by atoms with E-state index in [0.29, 0.717) is 22.7 Å². The van der Waals surface area contributed by atoms with Crippen molar-refractivity contribution in [3.05, 3.63) is 95.8 Å². The fourth-order valence-corrected chi connectivity index (χ4v) is 6.75. The molecule has 60 heavy (non-hydrogen) atoms. The molecule has 4 atom stereocenters. The summed E-state index contributed by atoms with van der Waals surface area (Å²) in [4.78, 5) is 90.5. The van der Waals surface area contributed by atoms with Gasteiger partial charge in [0.15, 0.2) is 0 Å². The number of benzene rings is 2. The van der Waals surface area contributed by atoms with E-state index in [4.69, 9.17) is 0 Å². The van der Waals surface area contributed by atoms with Gasteiger partial charge < -0.3 is 35.6 Å². The summed E-state index contributed by atoms with van der Waals surface area (Å²) >= 11 is 0. The van der Waals surface area contributed by atoms with Gasteiger partial charge in [-0.1, -0.05) is 65.0 Å². The van der Waals surface area contributed by atoms with E-state index < -0.39 is 102 Å². The lowest BCUT2D eigenvalue weighted by atomic mass is 9.78. The summed E-state index contributed by atoms with van der Waals surface area (Å²) in [5.74, 6) is -8.22. The third kappa shape index (κ3) is 12.2. The standard InChI is InChI=1S/C43H52F2N6O9/c1-25(2)39(48-35(53)23-51-36(54)14-15-37(51)55)41(58)46-26(3)40(57)47-33(42(59)60)16-17-49(38(56)24-52)22-31(43(4,5)6)34-18-28(30-19-29(44)12-13-32(30)45)21-50(34)20-27-10-8-7-9-11-27/h7-15,18-19,21,25-26,31,33,39,52H,16-17,20,22-24H2,1-6H3,(H,46,58)(H,47,57)(H,48,53)(H,59,60)/t26-,31-,33-,39-/m0/s1. The molecule has 0 saturated heterocycles. The number of aromatic nitrogens is 1. The first kappa shape index (κ1) is 46.5. The third-order valence-corrected chi connectivity index (χ3v) is 10.2. The van der Waals surface area contributed by atoms with Crippen molar-refractivity contribution in [2.45, 2.75) is 78.6 Å². The Morgan fingerprint density at radius 1 is 0.867 bits per heavy atom. The lowest BCUT2D eigenvalue weighted by Crippen LogP contribution is -2.57. The average molecular weight is 835 g/mol. The molecular formula is C43H52F2N6O9. The van der Waals surface area contributed by atoms with E-state index >= 15 is 4.39 Å². The molecule has 322 valence electrons. The van der Waals surface area contributed by atoms with Crippen molar-refractivity contribution in [3.8, 4) is 11.1 Å². The molecule has 1 aliphatic heterocycles. The SMILES string of the molecule is CC(C)[C@H](NC(=O)CN1C(=O)C=CC1=O)C(=O)N[C@@H](C)C(=O)N[C@@H](CCN(C[C@@H](c1cc(-c2cc(F)ccc2F)cn1Cc1ccccc1)C(C)(C)C)C(=O)CO)C(=O)O. The van der Waals surface area contributed by atoms with Crippen LogP contribution in [0.5, 0.6) is 0 Å². The number of nitrogens with zero attached hydrogens (tertiary/aromatic N) is 3. The molecule has 1 aliphatic rings. The number of hydrogen-bond donors (Lipinski definition) is 5. The second-order valence-electron chi connectivity index (χ2n) is 16.1. The fourth-order valence-electron chi connectivity index (χ4n) is 6.75. The Labute approximate surface area is 346 Å². The lowest BCUT2D eigenvalue weighted by Gasteiger charge is -2.36. The molecule has 17 heteroatoms. The van der Waals surface area contributed by atoms with E-state index in [0.717, 1.165) is 35.9 Å². The smallest absolute Gasteiger partial charge is 0.326 e. The van der Waals surface area contributed by atoms with Gasteiger partial charge in [-0.15, -0.1) is 0 Å². The van der Waals surface area contributed by atoms with Crippen molar-refractivity contribution in [1.29, 1.82) is 0 Å². The Balaban J connectivity index is 1.51. The Kier molecular flexibility index (Phi) is 15.6. The number of aliphatic hydroxyl groups excluding tert-OH is 1. The number of rotatable bonds is 19. The quantitative estimate of drug-likeness (QED) is 0.112. The van der Waals surface area contributed by atoms with E-state index in [1.54, 1.807) is 26.1 Å². The van der Waals surface area contributed by atoms with Crippen molar-refractivity contribution >= 4 is 41.4 Å². The van der Waals surface area contributed by atoms with Gasteiger partial charge in [-0.2, -0.15) is 0 Å². The summed E-state index contributed by atoms with van der Waals surface area (Å²) in [6, 6.07) is 10.3. The summed E-state index contributed by atoms with van der Waals surface area (Å²) in [6.07, 6.45) is 3.44. The van der Waals surface area contributed by atoms with Gasteiger partial charge >= 0.3 is 5.97 Å². The van der Waals surface area contributed by atoms with E-state index in [-0.39, 0.29) is 25.1 Å². The van der Waals surface area contributed by atoms with Crippen molar-refractivity contribution in [2.75, 3.05) is 26.2 Å². The summed E-state index contributed by atoms with van der Waals surface area (Å²) in [6.45, 7) is 8.91. The molecule has 3 aromatic rings. The maximum Gasteiger partial charge on any atom is 0.326 e. The van der Waals surface area contributed by atoms with E-state index in [9.17, 15) is 48.2 Å². The van der Waals surface area contributed by atoms with E-state index in [1.165, 1.54) is 11.8 Å². The van der Waals surface area contributed by atoms with Crippen LogP contribution in [0.3, 0.4) is 0 Å². The molecule has 0 unspecified atom stereocenters. The first-order chi connectivity index (χ1) is 28.2. The zero-order valence-electron chi connectivity index (χ0n) is 34.4. The molecule has 1 aromatic heterocycles. The molecule has 0 radical (unpaired) electrons. The first-order valence-electron chi connectivity index (χ1n) is 19.4. The minimum atomic E-state index is -1.55. The predicted molar refractivity (Wildman–Crippen MR) is 216 cm³/mol. The highest BCUT2D eigenvalue weighted by molar-refractivity contribution is 6.14. The van der Waals surface area contributed by atoms with Gasteiger partial charge in [0.2, 0.25) is 23.6 Å². The molecule has 4 rings (SSSR count). The molecule has 5 N–H and O–H groups in total. The number of halogens is 2. The maximum atomic E-state index is 15.1. The van der Waals surface area contributed by atoms with Crippen LogP contribution < -0.4 is 16.0 Å². The Bertz CT molecular complexity index is 2100. The molecule has 2 aromatic carbocycles. The average Bonchev–Trinajstić information content (AvgIpc) is 3.74. The molecule has 6 amide bonds. The molecule has 2 heterocycles. The highest BCUT2D eigenvalue weighted by Gasteiger charge is 2.35. The molecular weight excluding hydrogens is 783 g/mol. The predicted octanol–water partition coefficient (Wildman–Crippen LogP) is 2.96. The number of aliphatic carboxylic acids is 1. The minimum absolute atomic E-state index is 0.0293. The molecule has 0 bridgehead atoms. The van der Waals surface area contributed by atoms with Gasteiger partial charge in [-0.05, 0) is 54.5 Å². The summed E-state index contributed by atoms with van der Waals surface area (Å²) < 4.78 is 31.3. The van der Waals surface area contributed by atoms with Crippen LogP contribution in [0.4, 0.5) is 8.78 Å². The summed E-state index contributed by atoms with van der Waals surface area (Å²) in [5, 5.41) is 27.4. The van der Waals surface area contributed by atoms with E-state index in [1.807, 2.05) is 55.7 Å². The van der Waals surface area contributed by atoms with Crippen LogP contribution in [-0.2, 0) is 40.1 Å². The molecule has 0 spiro atoms. The van der Waals surface area contributed by atoms with Gasteiger partial charge in [-0.25, -0.2) is 13.6 Å². The highest BCUT2D eigenvalue weighted by atomic mass is 19.1. The van der Waals surface area contributed by atoms with Gasteiger partial charge in [0, 0.05) is 60.7 Å². The normalized spacial score (nSPS) is 14.7. The first-order valence-corrected chi connectivity index (χ1v) is 19.4. The highest BCUT2D eigenvalue weighted by Crippen LogP contribution is 2.39. The van der Waals surface area contributed by atoms with E-state index in [2.05, 4.69) is 16.0 Å². The zero-order chi connectivity index (χ0) is 44.5. The van der Waals surface area contributed by atoms with Crippen molar-refractivity contribution in [3.63, 3.8) is 0 Å². The number of carbonyl (C=O) groups excluding carboxylic acids is 6. The van der Waals surface area contributed by atoms with Gasteiger partial charge in [0.25, 0.3) is 11.8 Å². The fraction of sp³-hybridized carbons (Fsp3) is 0.419. The molecule has 0 aliphatic carbocycles.